The van der Waals surface area contributed by atoms with Crippen LogP contribution in [0.15, 0.2) is 29.2 Å². The minimum absolute atomic E-state index is 0.0331. The average Bonchev–Trinajstić information content (AvgIpc) is 2.38. The second-order valence-corrected chi connectivity index (χ2v) is 6.40. The van der Waals surface area contributed by atoms with Crippen LogP contribution in [0, 0.1) is 0 Å². The van der Waals surface area contributed by atoms with Crippen LogP contribution in [0.4, 0.5) is 0 Å². The maximum atomic E-state index is 12.1. The molecule has 0 amide bonds. The molecule has 0 fully saturated rings. The SMILES string of the molecule is CCCC(=O)c1ccc(S(=O)(=O)N(C)CC(=O)O)cc1. The molecule has 0 atom stereocenters. The molecule has 0 aromatic heterocycles. The molecule has 0 unspecified atom stereocenters. The van der Waals surface area contributed by atoms with Gasteiger partial charge in [0, 0.05) is 19.0 Å². The minimum atomic E-state index is -3.85. The zero-order chi connectivity index (χ0) is 15.3. The first-order valence-corrected chi connectivity index (χ1v) is 7.54. The van der Waals surface area contributed by atoms with Crippen molar-refractivity contribution in [2.45, 2.75) is 24.7 Å². The number of hydrogen-bond acceptors (Lipinski definition) is 4. The van der Waals surface area contributed by atoms with Gasteiger partial charge in [0.05, 0.1) is 4.90 Å². The van der Waals surface area contributed by atoms with E-state index in [0.717, 1.165) is 10.7 Å². The van der Waals surface area contributed by atoms with Gasteiger partial charge in [0.15, 0.2) is 5.78 Å². The number of hydrogen-bond donors (Lipinski definition) is 1. The quantitative estimate of drug-likeness (QED) is 0.768. The predicted molar refractivity (Wildman–Crippen MR) is 73.1 cm³/mol. The Morgan fingerprint density at radius 2 is 1.75 bits per heavy atom. The fourth-order valence-electron chi connectivity index (χ4n) is 1.64. The Kier molecular flexibility index (Phi) is 5.41. The maximum absolute atomic E-state index is 12.1. The molecule has 0 spiro atoms. The van der Waals surface area contributed by atoms with E-state index in [-0.39, 0.29) is 10.7 Å². The van der Waals surface area contributed by atoms with Crippen molar-refractivity contribution in [1.82, 2.24) is 4.31 Å². The van der Waals surface area contributed by atoms with Crippen LogP contribution in [0.5, 0.6) is 0 Å². The molecule has 6 nitrogen and oxygen atoms in total. The van der Waals surface area contributed by atoms with Crippen LogP contribution >= 0.6 is 0 Å². The van der Waals surface area contributed by atoms with Crippen LogP contribution in [0.1, 0.15) is 30.1 Å². The standard InChI is InChI=1S/C13H17NO5S/c1-3-4-12(15)10-5-7-11(8-6-10)20(18,19)14(2)9-13(16)17/h5-8H,3-4,9H2,1-2H3,(H,16,17). The van der Waals surface area contributed by atoms with Crippen molar-refractivity contribution in [3.8, 4) is 0 Å². The smallest absolute Gasteiger partial charge is 0.318 e. The molecule has 7 heteroatoms. The highest BCUT2D eigenvalue weighted by molar-refractivity contribution is 7.89. The van der Waals surface area contributed by atoms with Crippen molar-refractivity contribution in [3.05, 3.63) is 29.8 Å². The third kappa shape index (κ3) is 3.88. The van der Waals surface area contributed by atoms with Gasteiger partial charge < -0.3 is 5.11 Å². The van der Waals surface area contributed by atoms with Crippen molar-refractivity contribution in [2.24, 2.45) is 0 Å². The number of ketones is 1. The number of sulfonamides is 1. The van der Waals surface area contributed by atoms with Gasteiger partial charge >= 0.3 is 5.97 Å². The molecule has 0 aliphatic rings. The molecule has 0 bridgehead atoms. The number of aliphatic carboxylic acids is 1. The van der Waals surface area contributed by atoms with Crippen LogP contribution in [0.25, 0.3) is 0 Å². The van der Waals surface area contributed by atoms with E-state index >= 15 is 0 Å². The minimum Gasteiger partial charge on any atom is -0.480 e. The first-order valence-electron chi connectivity index (χ1n) is 6.10. The number of likely N-dealkylation sites (N-methyl/N-ethyl adjacent to an activating group) is 1. The molecule has 0 saturated heterocycles. The average molecular weight is 299 g/mol. The van der Waals surface area contributed by atoms with Gasteiger partial charge in [-0.2, -0.15) is 4.31 Å². The summed E-state index contributed by atoms with van der Waals surface area (Å²) < 4.78 is 24.9. The molecule has 0 saturated carbocycles. The number of carboxylic acid groups (broad SMARTS) is 1. The van der Waals surface area contributed by atoms with Gasteiger partial charge in [-0.25, -0.2) is 8.42 Å². The largest absolute Gasteiger partial charge is 0.480 e. The Balaban J connectivity index is 2.98. The number of Topliss-reactive ketones (excluding diaryl/α,β-unsaturated/α-hetero) is 1. The second kappa shape index (κ2) is 6.62. The highest BCUT2D eigenvalue weighted by Gasteiger charge is 2.22. The molecule has 1 aromatic rings. The fourth-order valence-corrected chi connectivity index (χ4v) is 2.76. The van der Waals surface area contributed by atoms with Gasteiger partial charge in [0.25, 0.3) is 0 Å². The Hall–Kier alpha value is -1.73. The first kappa shape index (κ1) is 16.3. The summed E-state index contributed by atoms with van der Waals surface area (Å²) in [6, 6.07) is 5.52. The third-order valence-corrected chi connectivity index (χ3v) is 4.54. The normalized spacial score (nSPS) is 11.6. The molecule has 0 aliphatic heterocycles. The molecule has 110 valence electrons. The van der Waals surface area contributed by atoms with E-state index in [0.29, 0.717) is 12.0 Å². The molecule has 0 heterocycles. The van der Waals surface area contributed by atoms with Gasteiger partial charge in [-0.1, -0.05) is 19.1 Å². The summed E-state index contributed by atoms with van der Waals surface area (Å²) in [5.41, 5.74) is 0.451. The summed E-state index contributed by atoms with van der Waals surface area (Å²) in [5, 5.41) is 8.62. The Bertz CT molecular complexity index is 592. The Morgan fingerprint density at radius 3 is 2.20 bits per heavy atom. The van der Waals surface area contributed by atoms with Crippen LogP contribution in [-0.2, 0) is 14.8 Å². The second-order valence-electron chi connectivity index (χ2n) is 4.35. The van der Waals surface area contributed by atoms with Gasteiger partial charge in [0.1, 0.15) is 6.54 Å². The van der Waals surface area contributed by atoms with Crippen LogP contribution in [0.2, 0.25) is 0 Å². The fraction of sp³-hybridized carbons (Fsp3) is 0.385. The summed E-state index contributed by atoms with van der Waals surface area (Å²) in [6.45, 7) is 1.27. The maximum Gasteiger partial charge on any atom is 0.318 e. The van der Waals surface area contributed by atoms with Crippen molar-refractivity contribution >= 4 is 21.8 Å². The van der Waals surface area contributed by atoms with E-state index in [1.165, 1.54) is 31.3 Å². The molecule has 1 aromatic carbocycles. The van der Waals surface area contributed by atoms with Crippen molar-refractivity contribution in [2.75, 3.05) is 13.6 Å². The number of carbonyl (C=O) groups is 2. The number of nitrogens with zero attached hydrogens (tertiary/aromatic N) is 1. The van der Waals surface area contributed by atoms with Crippen molar-refractivity contribution in [1.29, 1.82) is 0 Å². The topological polar surface area (TPSA) is 91.8 Å². The van der Waals surface area contributed by atoms with E-state index in [4.69, 9.17) is 5.11 Å². The monoisotopic (exact) mass is 299 g/mol. The molecular formula is C13H17NO5S. The lowest BCUT2D eigenvalue weighted by atomic mass is 10.1. The number of rotatable bonds is 7. The number of carboxylic acids is 1. The number of carbonyl (C=O) groups excluding carboxylic acids is 1. The molecule has 1 rings (SSSR count). The van der Waals surface area contributed by atoms with Crippen LogP contribution < -0.4 is 0 Å². The first-order chi connectivity index (χ1) is 9.28. The molecule has 1 N–H and O–H groups in total. The summed E-state index contributed by atoms with van der Waals surface area (Å²) in [5.74, 6) is -1.28. The van der Waals surface area contributed by atoms with Crippen LogP contribution in [0.3, 0.4) is 0 Å². The molecule has 20 heavy (non-hydrogen) atoms. The van der Waals surface area contributed by atoms with Crippen molar-refractivity contribution in [3.63, 3.8) is 0 Å². The van der Waals surface area contributed by atoms with Crippen molar-refractivity contribution < 1.29 is 23.1 Å². The Labute approximate surface area is 118 Å². The highest BCUT2D eigenvalue weighted by Crippen LogP contribution is 2.16. The molecule has 0 radical (unpaired) electrons. The Morgan fingerprint density at radius 1 is 1.20 bits per heavy atom. The third-order valence-electron chi connectivity index (χ3n) is 2.72. The van der Waals surface area contributed by atoms with E-state index in [1.807, 2.05) is 6.92 Å². The highest BCUT2D eigenvalue weighted by atomic mass is 32.2. The zero-order valence-electron chi connectivity index (χ0n) is 11.4. The number of benzene rings is 1. The lowest BCUT2D eigenvalue weighted by Gasteiger charge is -2.14. The lowest BCUT2D eigenvalue weighted by Crippen LogP contribution is -2.32. The van der Waals surface area contributed by atoms with E-state index in [2.05, 4.69) is 0 Å². The summed E-state index contributed by atoms with van der Waals surface area (Å²) in [6.07, 6.45) is 1.13. The van der Waals surface area contributed by atoms with E-state index < -0.39 is 22.5 Å². The molecule has 0 aliphatic carbocycles. The predicted octanol–water partition coefficient (Wildman–Crippen LogP) is 1.37. The zero-order valence-corrected chi connectivity index (χ0v) is 12.2. The van der Waals surface area contributed by atoms with Crippen LogP contribution in [-0.4, -0.2) is 43.2 Å². The molecular weight excluding hydrogens is 282 g/mol. The van der Waals surface area contributed by atoms with Gasteiger partial charge in [-0.15, -0.1) is 0 Å². The van der Waals surface area contributed by atoms with Gasteiger partial charge in [-0.05, 0) is 18.6 Å². The van der Waals surface area contributed by atoms with E-state index in [1.54, 1.807) is 0 Å². The summed E-state index contributed by atoms with van der Waals surface area (Å²) in [4.78, 5) is 22.2. The lowest BCUT2D eigenvalue weighted by molar-refractivity contribution is -0.137. The van der Waals surface area contributed by atoms with Gasteiger partial charge in [0.2, 0.25) is 10.0 Å². The van der Waals surface area contributed by atoms with Gasteiger partial charge in [-0.3, -0.25) is 9.59 Å². The summed E-state index contributed by atoms with van der Waals surface area (Å²) in [7, 11) is -2.65. The summed E-state index contributed by atoms with van der Waals surface area (Å²) >= 11 is 0. The van der Waals surface area contributed by atoms with E-state index in [9.17, 15) is 18.0 Å².